The van der Waals surface area contributed by atoms with Crippen LogP contribution < -0.4 is 10.0 Å². The third-order valence-corrected chi connectivity index (χ3v) is 6.17. The van der Waals surface area contributed by atoms with Gasteiger partial charge in [-0.25, -0.2) is 13.1 Å². The molecule has 0 saturated heterocycles. The molecular formula is C21H26N2O3S. The van der Waals surface area contributed by atoms with Crippen molar-refractivity contribution in [1.82, 2.24) is 10.0 Å². The van der Waals surface area contributed by atoms with Crippen LogP contribution in [0.25, 0.3) is 0 Å². The summed E-state index contributed by atoms with van der Waals surface area (Å²) >= 11 is 0. The number of nitrogens with one attached hydrogen (secondary N) is 2. The molecule has 0 spiro atoms. The van der Waals surface area contributed by atoms with Crippen LogP contribution in [-0.4, -0.2) is 26.9 Å². The number of carbonyl (C=O) groups excluding carboxylic acids is 1. The number of sulfonamides is 1. The van der Waals surface area contributed by atoms with Crippen LogP contribution in [0.1, 0.15) is 42.1 Å². The lowest BCUT2D eigenvalue weighted by atomic mass is 10.1. The summed E-state index contributed by atoms with van der Waals surface area (Å²) in [5.74, 6) is 0.200. The van der Waals surface area contributed by atoms with Gasteiger partial charge in [-0.15, -0.1) is 0 Å². The predicted molar refractivity (Wildman–Crippen MR) is 106 cm³/mol. The van der Waals surface area contributed by atoms with E-state index in [1.807, 2.05) is 25.1 Å². The molecule has 3 rings (SSSR count). The third-order valence-electron chi connectivity index (χ3n) is 4.75. The highest BCUT2D eigenvalue weighted by atomic mass is 32.2. The van der Waals surface area contributed by atoms with E-state index in [1.165, 1.54) is 17.7 Å². The van der Waals surface area contributed by atoms with Gasteiger partial charge in [-0.05, 0) is 62.3 Å². The first-order valence-electron chi connectivity index (χ1n) is 9.38. The maximum absolute atomic E-state index is 12.5. The molecule has 0 heterocycles. The summed E-state index contributed by atoms with van der Waals surface area (Å²) in [6.45, 7) is 2.42. The monoisotopic (exact) mass is 386 g/mol. The molecule has 6 heteroatoms. The standard InChI is InChI=1S/C21H26N2O3S/c1-16(10-11-17-6-3-2-4-7-17)23-21(24)19-8-5-9-20(14-19)27(25,26)22-15-18-12-13-18/h2-9,14,16,18,22H,10-13,15H2,1H3,(H,23,24). The van der Waals surface area contributed by atoms with Crippen molar-refractivity contribution in [3.63, 3.8) is 0 Å². The average molecular weight is 387 g/mol. The minimum atomic E-state index is -3.58. The van der Waals surface area contributed by atoms with Gasteiger partial charge in [0.15, 0.2) is 0 Å². The van der Waals surface area contributed by atoms with Gasteiger partial charge in [0.05, 0.1) is 4.90 Å². The second-order valence-electron chi connectivity index (χ2n) is 7.22. The molecule has 1 saturated carbocycles. The summed E-state index contributed by atoms with van der Waals surface area (Å²) in [6, 6.07) is 16.3. The van der Waals surface area contributed by atoms with Gasteiger partial charge >= 0.3 is 0 Å². The Balaban J connectivity index is 1.57. The van der Waals surface area contributed by atoms with E-state index >= 15 is 0 Å². The summed E-state index contributed by atoms with van der Waals surface area (Å²) in [5.41, 5.74) is 1.59. The van der Waals surface area contributed by atoms with Gasteiger partial charge in [-0.3, -0.25) is 4.79 Å². The first kappa shape index (κ1) is 19.6. The number of aryl methyl sites for hydroxylation is 1. The molecule has 2 aromatic rings. The van der Waals surface area contributed by atoms with Crippen LogP contribution in [0.2, 0.25) is 0 Å². The Morgan fingerprint density at radius 1 is 1.11 bits per heavy atom. The van der Waals surface area contributed by atoms with Crippen molar-refractivity contribution in [2.45, 2.75) is 43.5 Å². The fraction of sp³-hybridized carbons (Fsp3) is 0.381. The first-order valence-corrected chi connectivity index (χ1v) is 10.9. The van der Waals surface area contributed by atoms with Crippen molar-refractivity contribution in [3.05, 3.63) is 65.7 Å². The minimum absolute atomic E-state index is 0.00837. The smallest absolute Gasteiger partial charge is 0.251 e. The van der Waals surface area contributed by atoms with Gasteiger partial charge in [-0.2, -0.15) is 0 Å². The zero-order chi connectivity index (χ0) is 19.3. The normalized spacial score (nSPS) is 15.3. The molecule has 5 nitrogen and oxygen atoms in total. The van der Waals surface area contributed by atoms with Gasteiger partial charge in [0.1, 0.15) is 0 Å². The van der Waals surface area contributed by atoms with Crippen molar-refractivity contribution in [2.75, 3.05) is 6.54 Å². The lowest BCUT2D eigenvalue weighted by molar-refractivity contribution is 0.0938. The summed E-state index contributed by atoms with van der Waals surface area (Å²) in [5, 5.41) is 2.95. The Labute approximate surface area is 161 Å². The van der Waals surface area contributed by atoms with E-state index in [1.54, 1.807) is 12.1 Å². The van der Waals surface area contributed by atoms with Crippen LogP contribution in [0.4, 0.5) is 0 Å². The lowest BCUT2D eigenvalue weighted by Crippen LogP contribution is -2.33. The van der Waals surface area contributed by atoms with E-state index in [0.717, 1.165) is 25.7 Å². The van der Waals surface area contributed by atoms with Crippen LogP contribution in [0.3, 0.4) is 0 Å². The molecule has 0 aromatic heterocycles. The van der Waals surface area contributed by atoms with Gasteiger partial charge in [0.25, 0.3) is 5.91 Å². The zero-order valence-corrected chi connectivity index (χ0v) is 16.3. The highest BCUT2D eigenvalue weighted by molar-refractivity contribution is 7.89. The topological polar surface area (TPSA) is 75.3 Å². The third kappa shape index (κ3) is 5.91. The first-order chi connectivity index (χ1) is 12.9. The summed E-state index contributed by atoms with van der Waals surface area (Å²) in [7, 11) is -3.58. The van der Waals surface area contributed by atoms with Crippen molar-refractivity contribution in [3.8, 4) is 0 Å². The molecular weight excluding hydrogens is 360 g/mol. The largest absolute Gasteiger partial charge is 0.350 e. The molecule has 2 aromatic carbocycles. The van der Waals surface area contributed by atoms with Crippen molar-refractivity contribution in [2.24, 2.45) is 5.92 Å². The minimum Gasteiger partial charge on any atom is -0.350 e. The van der Waals surface area contributed by atoms with Gasteiger partial charge in [-0.1, -0.05) is 36.4 Å². The van der Waals surface area contributed by atoms with Crippen LogP contribution in [0, 0.1) is 5.92 Å². The second-order valence-corrected chi connectivity index (χ2v) is 8.99. The van der Waals surface area contributed by atoms with E-state index in [4.69, 9.17) is 0 Å². The van der Waals surface area contributed by atoms with Gasteiger partial charge in [0.2, 0.25) is 10.0 Å². The maximum atomic E-state index is 12.5. The summed E-state index contributed by atoms with van der Waals surface area (Å²) in [4.78, 5) is 12.6. The number of benzene rings is 2. The highest BCUT2D eigenvalue weighted by Crippen LogP contribution is 2.28. The summed E-state index contributed by atoms with van der Waals surface area (Å²) < 4.78 is 27.4. The Bertz CT molecular complexity index is 877. The molecule has 1 atom stereocenters. The molecule has 27 heavy (non-hydrogen) atoms. The van der Waals surface area contributed by atoms with E-state index in [2.05, 4.69) is 22.2 Å². The lowest BCUT2D eigenvalue weighted by Gasteiger charge is -2.14. The van der Waals surface area contributed by atoms with E-state index in [9.17, 15) is 13.2 Å². The van der Waals surface area contributed by atoms with Crippen molar-refractivity contribution < 1.29 is 13.2 Å². The molecule has 0 radical (unpaired) electrons. The van der Waals surface area contributed by atoms with E-state index < -0.39 is 10.0 Å². The van der Waals surface area contributed by atoms with Crippen LogP contribution in [-0.2, 0) is 16.4 Å². The molecule has 1 fully saturated rings. The highest BCUT2D eigenvalue weighted by Gasteiger charge is 2.24. The molecule has 1 aliphatic rings. The van der Waals surface area contributed by atoms with Gasteiger partial charge in [0, 0.05) is 18.2 Å². The van der Waals surface area contributed by atoms with Crippen molar-refractivity contribution >= 4 is 15.9 Å². The average Bonchev–Trinajstić information content (AvgIpc) is 3.50. The molecule has 1 unspecified atom stereocenters. The van der Waals surface area contributed by atoms with Crippen LogP contribution >= 0.6 is 0 Å². The number of rotatable bonds is 9. The fourth-order valence-electron chi connectivity index (χ4n) is 2.84. The van der Waals surface area contributed by atoms with Gasteiger partial charge < -0.3 is 5.32 Å². The fourth-order valence-corrected chi connectivity index (χ4v) is 4.01. The molecule has 0 aliphatic heterocycles. The Morgan fingerprint density at radius 3 is 2.56 bits per heavy atom. The molecule has 0 bridgehead atoms. The quantitative estimate of drug-likeness (QED) is 0.695. The Morgan fingerprint density at radius 2 is 1.85 bits per heavy atom. The number of carbonyl (C=O) groups is 1. The predicted octanol–water partition coefficient (Wildman–Crippen LogP) is 3.13. The van der Waals surface area contributed by atoms with E-state index in [-0.39, 0.29) is 16.8 Å². The number of amides is 1. The van der Waals surface area contributed by atoms with E-state index in [0.29, 0.717) is 18.0 Å². The molecule has 1 aliphatic carbocycles. The number of hydrogen-bond donors (Lipinski definition) is 2. The molecule has 144 valence electrons. The molecule has 1 amide bonds. The van der Waals surface area contributed by atoms with Crippen molar-refractivity contribution in [1.29, 1.82) is 0 Å². The van der Waals surface area contributed by atoms with Crippen LogP contribution in [0.5, 0.6) is 0 Å². The SMILES string of the molecule is CC(CCc1ccccc1)NC(=O)c1cccc(S(=O)(=O)NCC2CC2)c1. The maximum Gasteiger partial charge on any atom is 0.251 e. The Hall–Kier alpha value is -2.18. The Kier molecular flexibility index (Phi) is 6.29. The molecule has 2 N–H and O–H groups in total. The summed E-state index contributed by atoms with van der Waals surface area (Å²) in [6.07, 6.45) is 3.84. The zero-order valence-electron chi connectivity index (χ0n) is 15.5. The number of hydrogen-bond acceptors (Lipinski definition) is 3. The van der Waals surface area contributed by atoms with Crippen LogP contribution in [0.15, 0.2) is 59.5 Å². The second kappa shape index (κ2) is 8.67.